The number of hydrogen-bond acceptors (Lipinski definition) is 3. The van der Waals surface area contributed by atoms with Crippen LogP contribution < -0.4 is 10.6 Å². The molecule has 6 heteroatoms. The van der Waals surface area contributed by atoms with Gasteiger partial charge in [-0.15, -0.1) is 11.3 Å². The van der Waals surface area contributed by atoms with Crippen LogP contribution in [0.1, 0.15) is 33.8 Å². The van der Waals surface area contributed by atoms with E-state index in [9.17, 15) is 9.59 Å². The van der Waals surface area contributed by atoms with E-state index in [4.69, 9.17) is 11.6 Å². The average molecular weight is 413 g/mol. The highest BCUT2D eigenvalue weighted by molar-refractivity contribution is 7.12. The van der Waals surface area contributed by atoms with Crippen LogP contribution in [0.4, 0.5) is 0 Å². The molecule has 3 aromatic rings. The first-order valence-corrected chi connectivity index (χ1v) is 10.2. The van der Waals surface area contributed by atoms with Crippen LogP contribution in [-0.2, 0) is 11.2 Å². The minimum Gasteiger partial charge on any atom is -0.348 e. The highest BCUT2D eigenvalue weighted by Crippen LogP contribution is 2.17. The molecule has 0 saturated heterocycles. The van der Waals surface area contributed by atoms with E-state index in [1.807, 2.05) is 60.8 Å². The Balaban J connectivity index is 1.73. The summed E-state index contributed by atoms with van der Waals surface area (Å²) in [6, 6.07) is 19.7. The van der Waals surface area contributed by atoms with E-state index in [0.717, 1.165) is 11.1 Å². The Morgan fingerprint density at radius 3 is 2.32 bits per heavy atom. The van der Waals surface area contributed by atoms with Gasteiger partial charge < -0.3 is 10.6 Å². The molecule has 2 aromatic carbocycles. The number of carbonyl (C=O) groups excluding carboxylic acids is 2. The summed E-state index contributed by atoms with van der Waals surface area (Å²) in [5.41, 5.74) is 1.93. The third-order valence-corrected chi connectivity index (χ3v) is 5.50. The number of benzene rings is 2. The predicted molar refractivity (Wildman–Crippen MR) is 114 cm³/mol. The summed E-state index contributed by atoms with van der Waals surface area (Å²) in [5.74, 6) is -0.471. The number of carbonyl (C=O) groups is 2. The molecule has 0 fully saturated rings. The monoisotopic (exact) mass is 412 g/mol. The van der Waals surface area contributed by atoms with Crippen LogP contribution in [0, 0.1) is 0 Å². The van der Waals surface area contributed by atoms with E-state index < -0.39 is 6.04 Å². The second-order valence-electron chi connectivity index (χ2n) is 6.47. The largest absolute Gasteiger partial charge is 0.348 e. The first kappa shape index (κ1) is 20.1. The molecule has 0 aliphatic rings. The fourth-order valence-corrected chi connectivity index (χ4v) is 3.60. The SMILES string of the molecule is CC(NC(=O)C(Cc1ccccc1)NC(=O)c1cccs1)c1ccc(Cl)cc1. The van der Waals surface area contributed by atoms with Crippen LogP contribution in [-0.4, -0.2) is 17.9 Å². The minimum atomic E-state index is -0.674. The second-order valence-corrected chi connectivity index (χ2v) is 7.86. The minimum absolute atomic E-state index is 0.207. The molecular formula is C22H21ClN2O2S. The quantitative estimate of drug-likeness (QED) is 0.594. The van der Waals surface area contributed by atoms with E-state index >= 15 is 0 Å². The molecular weight excluding hydrogens is 392 g/mol. The van der Waals surface area contributed by atoms with Gasteiger partial charge in [0.15, 0.2) is 0 Å². The van der Waals surface area contributed by atoms with Crippen molar-refractivity contribution in [2.75, 3.05) is 0 Å². The van der Waals surface area contributed by atoms with Gasteiger partial charge in [-0.1, -0.05) is 60.1 Å². The summed E-state index contributed by atoms with van der Waals surface area (Å²) >= 11 is 7.28. The van der Waals surface area contributed by atoms with Gasteiger partial charge in [-0.25, -0.2) is 0 Å². The fraction of sp³-hybridized carbons (Fsp3) is 0.182. The van der Waals surface area contributed by atoms with Gasteiger partial charge in [0.2, 0.25) is 5.91 Å². The molecule has 0 aliphatic heterocycles. The van der Waals surface area contributed by atoms with E-state index in [-0.39, 0.29) is 17.9 Å². The van der Waals surface area contributed by atoms with Crippen molar-refractivity contribution in [3.8, 4) is 0 Å². The molecule has 0 spiro atoms. The highest BCUT2D eigenvalue weighted by atomic mass is 35.5. The molecule has 0 bridgehead atoms. The summed E-state index contributed by atoms with van der Waals surface area (Å²) in [4.78, 5) is 26.0. The molecule has 1 aromatic heterocycles. The molecule has 144 valence electrons. The van der Waals surface area contributed by atoms with Crippen molar-refractivity contribution in [2.45, 2.75) is 25.4 Å². The average Bonchev–Trinajstić information content (AvgIpc) is 3.23. The van der Waals surface area contributed by atoms with Gasteiger partial charge in [-0.3, -0.25) is 9.59 Å². The number of thiophene rings is 1. The van der Waals surface area contributed by atoms with Crippen molar-refractivity contribution >= 4 is 34.8 Å². The first-order valence-electron chi connectivity index (χ1n) is 8.97. The maximum absolute atomic E-state index is 13.0. The molecule has 2 atom stereocenters. The summed E-state index contributed by atoms with van der Waals surface area (Å²) in [6.45, 7) is 1.90. The zero-order valence-electron chi connectivity index (χ0n) is 15.4. The Bertz CT molecular complexity index is 911. The van der Waals surface area contributed by atoms with Crippen LogP contribution in [0.25, 0.3) is 0 Å². The topological polar surface area (TPSA) is 58.2 Å². The number of hydrogen-bond donors (Lipinski definition) is 2. The number of halogens is 1. The number of nitrogens with one attached hydrogen (secondary N) is 2. The van der Waals surface area contributed by atoms with Crippen LogP contribution in [0.5, 0.6) is 0 Å². The molecule has 28 heavy (non-hydrogen) atoms. The second kappa shape index (κ2) is 9.53. The first-order chi connectivity index (χ1) is 13.5. The Morgan fingerprint density at radius 2 is 1.68 bits per heavy atom. The van der Waals surface area contributed by atoms with Gasteiger partial charge >= 0.3 is 0 Å². The molecule has 2 N–H and O–H groups in total. The van der Waals surface area contributed by atoms with Crippen molar-refractivity contribution in [2.24, 2.45) is 0 Å². The van der Waals surface area contributed by atoms with Crippen LogP contribution >= 0.6 is 22.9 Å². The number of amides is 2. The molecule has 2 unspecified atom stereocenters. The molecule has 0 radical (unpaired) electrons. The maximum Gasteiger partial charge on any atom is 0.262 e. The normalized spacial score (nSPS) is 12.8. The zero-order valence-corrected chi connectivity index (χ0v) is 17.0. The lowest BCUT2D eigenvalue weighted by Crippen LogP contribution is -2.48. The third-order valence-electron chi connectivity index (χ3n) is 4.38. The van der Waals surface area contributed by atoms with E-state index in [1.165, 1.54) is 11.3 Å². The van der Waals surface area contributed by atoms with Crippen molar-refractivity contribution in [3.63, 3.8) is 0 Å². The van der Waals surface area contributed by atoms with E-state index in [0.29, 0.717) is 16.3 Å². The lowest BCUT2D eigenvalue weighted by atomic mass is 10.0. The summed E-state index contributed by atoms with van der Waals surface area (Å²) in [6.07, 6.45) is 0.414. The fourth-order valence-electron chi connectivity index (χ4n) is 2.84. The van der Waals surface area contributed by atoms with E-state index in [2.05, 4.69) is 10.6 Å². The Morgan fingerprint density at radius 1 is 0.964 bits per heavy atom. The van der Waals surface area contributed by atoms with Crippen LogP contribution in [0.15, 0.2) is 72.1 Å². The lowest BCUT2D eigenvalue weighted by molar-refractivity contribution is -0.123. The van der Waals surface area contributed by atoms with Crippen molar-refractivity contribution in [1.29, 1.82) is 0 Å². The van der Waals surface area contributed by atoms with Gasteiger partial charge in [0.1, 0.15) is 6.04 Å². The molecule has 0 saturated carbocycles. The van der Waals surface area contributed by atoms with Crippen LogP contribution in [0.2, 0.25) is 5.02 Å². The summed E-state index contributed by atoms with van der Waals surface area (Å²) in [7, 11) is 0. The van der Waals surface area contributed by atoms with Gasteiger partial charge in [0.25, 0.3) is 5.91 Å². The lowest BCUT2D eigenvalue weighted by Gasteiger charge is -2.22. The van der Waals surface area contributed by atoms with Crippen molar-refractivity contribution in [1.82, 2.24) is 10.6 Å². The molecule has 4 nitrogen and oxygen atoms in total. The highest BCUT2D eigenvalue weighted by Gasteiger charge is 2.24. The van der Waals surface area contributed by atoms with Gasteiger partial charge in [0, 0.05) is 11.4 Å². The maximum atomic E-state index is 13.0. The van der Waals surface area contributed by atoms with Gasteiger partial charge in [-0.05, 0) is 41.6 Å². The Kier molecular flexibility index (Phi) is 6.85. The van der Waals surface area contributed by atoms with Gasteiger partial charge in [0.05, 0.1) is 10.9 Å². The molecule has 3 rings (SSSR count). The Hall–Kier alpha value is -2.63. The standard InChI is InChI=1S/C22H21ClN2O2S/c1-15(17-9-11-18(23)12-10-17)24-21(26)19(14-16-6-3-2-4-7-16)25-22(27)20-8-5-13-28-20/h2-13,15,19H,14H2,1H3,(H,24,26)(H,25,27). The molecule has 2 amide bonds. The Labute approximate surface area is 173 Å². The predicted octanol–water partition coefficient (Wildman–Crippen LogP) is 4.62. The third kappa shape index (κ3) is 5.44. The van der Waals surface area contributed by atoms with Crippen LogP contribution in [0.3, 0.4) is 0 Å². The van der Waals surface area contributed by atoms with Crippen molar-refractivity contribution in [3.05, 3.63) is 93.1 Å². The summed E-state index contributed by atoms with van der Waals surface area (Å²) in [5, 5.41) is 8.35. The molecule has 0 aliphatic carbocycles. The summed E-state index contributed by atoms with van der Waals surface area (Å²) < 4.78 is 0. The van der Waals surface area contributed by atoms with Gasteiger partial charge in [-0.2, -0.15) is 0 Å². The number of rotatable bonds is 7. The zero-order chi connectivity index (χ0) is 19.9. The smallest absolute Gasteiger partial charge is 0.262 e. The van der Waals surface area contributed by atoms with E-state index in [1.54, 1.807) is 18.2 Å². The molecule has 1 heterocycles. The van der Waals surface area contributed by atoms with Crippen molar-refractivity contribution < 1.29 is 9.59 Å².